The summed E-state index contributed by atoms with van der Waals surface area (Å²) in [6, 6.07) is 136. The van der Waals surface area contributed by atoms with Gasteiger partial charge in [-0.2, -0.15) is 0 Å². The topological polar surface area (TPSA) is 20.2 Å². The van der Waals surface area contributed by atoms with Gasteiger partial charge in [-0.1, -0.05) is 315 Å². The molecule has 2 aliphatic rings. The number of nitrogens with one attached hydrogen (secondary N) is 1. The Labute approximate surface area is 549 Å². The first-order valence-corrected chi connectivity index (χ1v) is 32.4. The van der Waals surface area contributed by atoms with E-state index >= 15 is 0 Å². The smallest absolute Gasteiger partial charge is 0.0755 e. The van der Waals surface area contributed by atoms with Gasteiger partial charge in [0.15, 0.2) is 0 Å². The standard InChI is InChI=1S/C61H40N2.C30H23N/c1-3-16-41(17-4-1)43-30-32-45(33-31-43)48-20-8-12-27-57(48)62(46-36-34-44(35-37-46)42-18-5-2-6-19-42)47-38-39-50-49-21-7-10-24-53(49)61(56(50)40-47)54-25-11-14-29-59(54)63-58-28-13-9-22-51(58)52-23-15-26-55(61)60(52)63;1-3-9-23(10-4-1)25-15-17-27(18-16-25)29-13-7-8-14-30(29)31-28-21-19-26(20-22-28)24-11-5-2-6-12-24/h1-40H;1-22,31H. The van der Waals surface area contributed by atoms with Gasteiger partial charge < -0.3 is 14.8 Å². The summed E-state index contributed by atoms with van der Waals surface area (Å²) < 4.78 is 2.52. The zero-order valence-corrected chi connectivity index (χ0v) is 51.7. The number of benzene rings is 15. The summed E-state index contributed by atoms with van der Waals surface area (Å²) >= 11 is 0. The lowest BCUT2D eigenvalue weighted by Gasteiger charge is -2.40. The van der Waals surface area contributed by atoms with E-state index in [-0.39, 0.29) is 0 Å². The van der Waals surface area contributed by atoms with Crippen LogP contribution in [-0.2, 0) is 5.41 Å². The van der Waals surface area contributed by atoms with E-state index in [1.165, 1.54) is 128 Å². The molecule has 0 amide bonds. The van der Waals surface area contributed by atoms with E-state index < -0.39 is 5.41 Å². The molecule has 16 aromatic rings. The van der Waals surface area contributed by atoms with Crippen LogP contribution in [0.25, 0.3) is 105 Å². The van der Waals surface area contributed by atoms with Crippen molar-refractivity contribution in [3.63, 3.8) is 0 Å². The first kappa shape index (κ1) is 55.7. The van der Waals surface area contributed by atoms with Crippen molar-refractivity contribution in [1.29, 1.82) is 0 Å². The van der Waals surface area contributed by atoms with Gasteiger partial charge in [-0.15, -0.1) is 0 Å². The van der Waals surface area contributed by atoms with E-state index in [0.717, 1.165) is 28.4 Å². The molecule has 1 aliphatic heterocycles. The molecule has 2 heterocycles. The number of anilines is 5. The number of nitrogens with zero attached hydrogens (tertiary/aromatic N) is 2. The molecule has 15 aromatic carbocycles. The predicted molar refractivity (Wildman–Crippen MR) is 395 cm³/mol. The summed E-state index contributed by atoms with van der Waals surface area (Å²) in [6.45, 7) is 0. The molecule has 3 heteroatoms. The van der Waals surface area contributed by atoms with E-state index in [4.69, 9.17) is 0 Å². The van der Waals surface area contributed by atoms with Crippen molar-refractivity contribution in [2.24, 2.45) is 0 Å². The van der Waals surface area contributed by atoms with E-state index in [2.05, 4.69) is 379 Å². The minimum atomic E-state index is -0.557. The molecule has 94 heavy (non-hydrogen) atoms. The predicted octanol–water partition coefficient (Wildman–Crippen LogP) is 24.4. The Hall–Kier alpha value is -12.3. The average Bonchev–Trinajstić information content (AvgIpc) is 1.47. The van der Waals surface area contributed by atoms with Crippen LogP contribution < -0.4 is 10.2 Å². The third-order valence-corrected chi connectivity index (χ3v) is 19.1. The number of fused-ring (bicyclic) bond motifs is 12. The molecule has 0 fully saturated rings. The highest BCUT2D eigenvalue weighted by molar-refractivity contribution is 6.13. The van der Waals surface area contributed by atoms with Gasteiger partial charge in [0.05, 0.1) is 27.8 Å². The van der Waals surface area contributed by atoms with Crippen molar-refractivity contribution in [3.05, 3.63) is 398 Å². The highest BCUT2D eigenvalue weighted by Crippen LogP contribution is 2.62. The summed E-state index contributed by atoms with van der Waals surface area (Å²) in [7, 11) is 0. The van der Waals surface area contributed by atoms with E-state index in [0.29, 0.717) is 0 Å². The van der Waals surface area contributed by atoms with Crippen LogP contribution >= 0.6 is 0 Å². The Morgan fingerprint density at radius 2 is 0.670 bits per heavy atom. The lowest BCUT2D eigenvalue weighted by molar-refractivity contribution is 0.748. The molecule has 18 rings (SSSR count). The van der Waals surface area contributed by atoms with Crippen LogP contribution in [0.3, 0.4) is 0 Å². The van der Waals surface area contributed by atoms with Gasteiger partial charge in [0.2, 0.25) is 0 Å². The molecule has 442 valence electrons. The van der Waals surface area contributed by atoms with Crippen molar-refractivity contribution in [1.82, 2.24) is 4.57 Å². The minimum Gasteiger partial charge on any atom is -0.355 e. The van der Waals surface area contributed by atoms with Gasteiger partial charge in [-0.3, -0.25) is 0 Å². The van der Waals surface area contributed by atoms with E-state index in [1.54, 1.807) is 0 Å². The first-order chi connectivity index (χ1) is 46.6. The fourth-order valence-corrected chi connectivity index (χ4v) is 14.8. The van der Waals surface area contributed by atoms with Gasteiger partial charge in [-0.25, -0.2) is 0 Å². The number of rotatable bonds is 11. The first-order valence-electron chi connectivity index (χ1n) is 32.4. The zero-order chi connectivity index (χ0) is 62.4. The maximum absolute atomic E-state index is 3.60. The van der Waals surface area contributed by atoms with Crippen molar-refractivity contribution in [3.8, 4) is 83.6 Å². The number of para-hydroxylation sites is 5. The summed E-state index contributed by atoms with van der Waals surface area (Å²) in [5.41, 5.74) is 30.9. The van der Waals surface area contributed by atoms with Crippen molar-refractivity contribution >= 4 is 50.2 Å². The second-order valence-electron chi connectivity index (χ2n) is 24.4. The van der Waals surface area contributed by atoms with E-state index in [1.807, 2.05) is 12.1 Å². The van der Waals surface area contributed by atoms with Crippen LogP contribution in [0.4, 0.5) is 28.4 Å². The molecule has 0 radical (unpaired) electrons. The SMILES string of the molecule is c1ccc(-c2ccc(-c3ccccc3N(c3ccc(-c4ccccc4)cc3)c3ccc4c(c3)C3(c5ccccc5-4)c4ccccc4-n4c5ccccc5c5cccc3c54)cc2)cc1.c1ccc(-c2ccc(Nc3ccccc3-c3ccc(-c4ccccc4)cc3)cc2)cc1. The zero-order valence-electron chi connectivity index (χ0n) is 51.7. The normalized spacial score (nSPS) is 13.1. The summed E-state index contributed by atoms with van der Waals surface area (Å²) in [5, 5.41) is 6.16. The molecule has 1 N–H and O–H groups in total. The van der Waals surface area contributed by atoms with Crippen LogP contribution in [0.1, 0.15) is 22.3 Å². The van der Waals surface area contributed by atoms with Crippen LogP contribution in [-0.4, -0.2) is 4.57 Å². The molecule has 1 aromatic heterocycles. The summed E-state index contributed by atoms with van der Waals surface area (Å²) in [4.78, 5) is 2.47. The highest BCUT2D eigenvalue weighted by Gasteiger charge is 2.51. The molecule has 1 aliphatic carbocycles. The maximum atomic E-state index is 3.60. The van der Waals surface area contributed by atoms with Gasteiger partial charge in [-0.05, 0) is 150 Å². The minimum absolute atomic E-state index is 0.557. The van der Waals surface area contributed by atoms with Gasteiger partial charge in [0.1, 0.15) is 0 Å². The van der Waals surface area contributed by atoms with E-state index in [9.17, 15) is 0 Å². The average molecular weight is 1200 g/mol. The summed E-state index contributed by atoms with van der Waals surface area (Å²) in [5.74, 6) is 0. The Balaban J connectivity index is 0.000000182. The molecular formula is C91H63N3. The molecule has 1 atom stereocenters. The summed E-state index contributed by atoms with van der Waals surface area (Å²) in [6.07, 6.45) is 0. The molecule has 1 spiro atoms. The Kier molecular flexibility index (Phi) is 14.1. The quantitative estimate of drug-likeness (QED) is 0.139. The largest absolute Gasteiger partial charge is 0.355 e. The maximum Gasteiger partial charge on any atom is 0.0755 e. The lowest BCUT2D eigenvalue weighted by Crippen LogP contribution is -2.33. The number of hydrogen-bond donors (Lipinski definition) is 1. The Morgan fingerprint density at radius 3 is 1.29 bits per heavy atom. The lowest BCUT2D eigenvalue weighted by atomic mass is 9.65. The van der Waals surface area contributed by atoms with Crippen molar-refractivity contribution < 1.29 is 0 Å². The monoisotopic (exact) mass is 1200 g/mol. The number of hydrogen-bond acceptors (Lipinski definition) is 2. The van der Waals surface area contributed by atoms with Gasteiger partial charge in [0.25, 0.3) is 0 Å². The molecular weight excluding hydrogens is 1140 g/mol. The molecule has 3 nitrogen and oxygen atoms in total. The number of aromatic nitrogens is 1. The fourth-order valence-electron chi connectivity index (χ4n) is 14.8. The van der Waals surface area contributed by atoms with Crippen LogP contribution in [0.2, 0.25) is 0 Å². The molecule has 1 unspecified atom stereocenters. The third-order valence-electron chi connectivity index (χ3n) is 19.1. The highest BCUT2D eigenvalue weighted by atomic mass is 15.1. The van der Waals surface area contributed by atoms with Crippen LogP contribution in [0.15, 0.2) is 376 Å². The van der Waals surface area contributed by atoms with Crippen molar-refractivity contribution in [2.75, 3.05) is 10.2 Å². The van der Waals surface area contributed by atoms with Crippen molar-refractivity contribution in [2.45, 2.75) is 5.41 Å². The second-order valence-corrected chi connectivity index (χ2v) is 24.4. The molecule has 0 saturated heterocycles. The van der Waals surface area contributed by atoms with Gasteiger partial charge in [0, 0.05) is 44.6 Å². The Morgan fingerprint density at radius 1 is 0.255 bits per heavy atom. The van der Waals surface area contributed by atoms with Gasteiger partial charge >= 0.3 is 0 Å². The third kappa shape index (κ3) is 9.69. The molecule has 0 saturated carbocycles. The molecule has 0 bridgehead atoms. The Bertz CT molecular complexity index is 5410. The van der Waals surface area contributed by atoms with Crippen LogP contribution in [0, 0.1) is 0 Å². The van der Waals surface area contributed by atoms with Crippen LogP contribution in [0.5, 0.6) is 0 Å². The second kappa shape index (κ2) is 23.8. The fraction of sp³-hybridized carbons (Fsp3) is 0.0110.